The van der Waals surface area contributed by atoms with Gasteiger partial charge in [0.15, 0.2) is 0 Å². The molecular weight excluding hydrogens is 343 g/mol. The molecule has 3 aliphatic rings. The first-order valence-electron chi connectivity index (χ1n) is 10.5. The van der Waals surface area contributed by atoms with Crippen molar-refractivity contribution in [1.82, 2.24) is 10.2 Å². The van der Waals surface area contributed by atoms with Crippen molar-refractivity contribution in [1.29, 1.82) is 0 Å². The third kappa shape index (κ3) is 4.02. The molecule has 2 saturated heterocycles. The molecule has 2 bridgehead atoms. The fourth-order valence-corrected chi connectivity index (χ4v) is 5.26. The fraction of sp³-hybridized carbons (Fsp3) is 0.636. The van der Waals surface area contributed by atoms with Crippen molar-refractivity contribution in [2.75, 3.05) is 0 Å². The van der Waals surface area contributed by atoms with E-state index in [1.807, 2.05) is 0 Å². The lowest BCUT2D eigenvalue weighted by molar-refractivity contribution is -0.140. The summed E-state index contributed by atoms with van der Waals surface area (Å²) in [6.07, 6.45) is 10.7. The van der Waals surface area contributed by atoms with Crippen molar-refractivity contribution in [2.24, 2.45) is 5.92 Å². The molecule has 1 aromatic rings. The number of carbonyl (C=O) groups is 2. The standard InChI is InChI=1S/C22H29FN2O2/c23-17-9-7-15(8-10-17)21(26)24-18-13-19-11-12-20(14-18)25(19)22(27)16-5-3-1-2-4-6-16/h7-10,16,18-20H,1-6,11-14H2,(H,24,26). The van der Waals surface area contributed by atoms with E-state index in [-0.39, 0.29) is 35.8 Å². The van der Waals surface area contributed by atoms with Crippen LogP contribution in [0.15, 0.2) is 24.3 Å². The summed E-state index contributed by atoms with van der Waals surface area (Å²) >= 11 is 0. The molecule has 4 nitrogen and oxygen atoms in total. The summed E-state index contributed by atoms with van der Waals surface area (Å²) in [5, 5.41) is 3.11. The highest BCUT2D eigenvalue weighted by Gasteiger charge is 2.45. The van der Waals surface area contributed by atoms with Gasteiger partial charge in [0, 0.05) is 29.6 Å². The molecule has 2 aliphatic heterocycles. The number of carbonyl (C=O) groups excluding carboxylic acids is 2. The van der Waals surface area contributed by atoms with Crippen LogP contribution in [-0.2, 0) is 4.79 Å². The number of hydrogen-bond acceptors (Lipinski definition) is 2. The van der Waals surface area contributed by atoms with Crippen molar-refractivity contribution in [3.8, 4) is 0 Å². The normalized spacial score (nSPS) is 28.6. The van der Waals surface area contributed by atoms with E-state index in [4.69, 9.17) is 0 Å². The zero-order chi connectivity index (χ0) is 18.8. The van der Waals surface area contributed by atoms with Crippen LogP contribution in [0.25, 0.3) is 0 Å². The minimum Gasteiger partial charge on any atom is -0.349 e. The molecule has 146 valence electrons. The van der Waals surface area contributed by atoms with Gasteiger partial charge in [-0.3, -0.25) is 9.59 Å². The molecule has 0 spiro atoms. The number of nitrogens with zero attached hydrogens (tertiary/aromatic N) is 1. The second kappa shape index (κ2) is 7.99. The molecule has 2 amide bonds. The summed E-state index contributed by atoms with van der Waals surface area (Å²) in [6.45, 7) is 0. The summed E-state index contributed by atoms with van der Waals surface area (Å²) in [6, 6.07) is 6.28. The van der Waals surface area contributed by atoms with Crippen molar-refractivity contribution < 1.29 is 14.0 Å². The molecule has 2 atom stereocenters. The Morgan fingerprint density at radius 1 is 0.889 bits per heavy atom. The van der Waals surface area contributed by atoms with E-state index in [1.165, 1.54) is 49.9 Å². The van der Waals surface area contributed by atoms with Crippen molar-refractivity contribution >= 4 is 11.8 Å². The summed E-state index contributed by atoms with van der Waals surface area (Å²) in [5.41, 5.74) is 0.487. The van der Waals surface area contributed by atoms with Crippen LogP contribution in [-0.4, -0.2) is 34.8 Å². The van der Waals surface area contributed by atoms with E-state index in [1.54, 1.807) is 0 Å². The van der Waals surface area contributed by atoms with Gasteiger partial charge in [0.2, 0.25) is 5.91 Å². The Kier molecular flexibility index (Phi) is 5.46. The third-order valence-electron chi connectivity index (χ3n) is 6.63. The van der Waals surface area contributed by atoms with Gasteiger partial charge < -0.3 is 10.2 Å². The highest BCUT2D eigenvalue weighted by molar-refractivity contribution is 5.94. The Balaban J connectivity index is 1.37. The van der Waals surface area contributed by atoms with Gasteiger partial charge in [-0.15, -0.1) is 0 Å². The number of hydrogen-bond donors (Lipinski definition) is 1. The van der Waals surface area contributed by atoms with Crippen LogP contribution in [0.2, 0.25) is 0 Å². The van der Waals surface area contributed by atoms with Crippen LogP contribution in [0.5, 0.6) is 0 Å². The Morgan fingerprint density at radius 2 is 1.48 bits per heavy atom. The molecule has 1 N–H and O–H groups in total. The van der Waals surface area contributed by atoms with E-state index in [0.29, 0.717) is 11.5 Å². The van der Waals surface area contributed by atoms with Crippen LogP contribution < -0.4 is 5.32 Å². The predicted molar refractivity (Wildman–Crippen MR) is 102 cm³/mol. The van der Waals surface area contributed by atoms with Gasteiger partial charge in [-0.05, 0) is 62.8 Å². The van der Waals surface area contributed by atoms with E-state index >= 15 is 0 Å². The molecule has 4 rings (SSSR count). The Hall–Kier alpha value is -1.91. The molecule has 1 aromatic carbocycles. The summed E-state index contributed by atoms with van der Waals surface area (Å²) in [4.78, 5) is 27.8. The topological polar surface area (TPSA) is 49.4 Å². The molecule has 5 heteroatoms. The lowest BCUT2D eigenvalue weighted by atomic mass is 9.92. The van der Waals surface area contributed by atoms with Gasteiger partial charge in [0.05, 0.1) is 0 Å². The Morgan fingerprint density at radius 3 is 2.07 bits per heavy atom. The summed E-state index contributed by atoms with van der Waals surface area (Å²) < 4.78 is 13.0. The van der Waals surface area contributed by atoms with Crippen LogP contribution in [0.1, 0.15) is 74.6 Å². The Bertz CT molecular complexity index is 668. The maximum atomic E-state index is 13.2. The molecular formula is C22H29FN2O2. The highest BCUT2D eigenvalue weighted by atomic mass is 19.1. The number of piperidine rings is 1. The first kappa shape index (κ1) is 18.5. The largest absolute Gasteiger partial charge is 0.349 e. The smallest absolute Gasteiger partial charge is 0.251 e. The first-order chi connectivity index (χ1) is 13.1. The van der Waals surface area contributed by atoms with Crippen LogP contribution in [0.4, 0.5) is 4.39 Å². The Labute approximate surface area is 160 Å². The molecule has 0 radical (unpaired) electrons. The number of rotatable bonds is 3. The van der Waals surface area contributed by atoms with Gasteiger partial charge in [-0.2, -0.15) is 0 Å². The number of halogens is 1. The van der Waals surface area contributed by atoms with Crippen LogP contribution >= 0.6 is 0 Å². The van der Waals surface area contributed by atoms with Crippen LogP contribution in [0.3, 0.4) is 0 Å². The van der Waals surface area contributed by atoms with Gasteiger partial charge in [-0.1, -0.05) is 25.7 Å². The first-order valence-corrected chi connectivity index (χ1v) is 10.5. The lowest BCUT2D eigenvalue weighted by Gasteiger charge is -2.41. The average molecular weight is 372 g/mol. The van der Waals surface area contributed by atoms with Gasteiger partial charge >= 0.3 is 0 Å². The minimum absolute atomic E-state index is 0.0956. The monoisotopic (exact) mass is 372 g/mol. The van der Waals surface area contributed by atoms with Crippen molar-refractivity contribution in [3.63, 3.8) is 0 Å². The fourth-order valence-electron chi connectivity index (χ4n) is 5.26. The summed E-state index contributed by atoms with van der Waals surface area (Å²) in [5.74, 6) is 0.0894. The average Bonchev–Trinajstić information content (AvgIpc) is 2.86. The second-order valence-electron chi connectivity index (χ2n) is 8.47. The predicted octanol–water partition coefficient (Wildman–Crippen LogP) is 4.05. The zero-order valence-electron chi connectivity index (χ0n) is 15.8. The molecule has 3 fully saturated rings. The van der Waals surface area contributed by atoms with Crippen LogP contribution in [0, 0.1) is 11.7 Å². The SMILES string of the molecule is O=C(NC1CC2CCC(C1)N2C(=O)C1CCCCCC1)c1ccc(F)cc1. The molecule has 2 heterocycles. The number of nitrogens with one attached hydrogen (secondary N) is 1. The second-order valence-corrected chi connectivity index (χ2v) is 8.47. The quantitative estimate of drug-likeness (QED) is 0.814. The number of amides is 2. The summed E-state index contributed by atoms with van der Waals surface area (Å²) in [7, 11) is 0. The molecule has 27 heavy (non-hydrogen) atoms. The van der Waals surface area contributed by atoms with Crippen molar-refractivity contribution in [3.05, 3.63) is 35.6 Å². The highest BCUT2D eigenvalue weighted by Crippen LogP contribution is 2.38. The molecule has 1 saturated carbocycles. The number of benzene rings is 1. The van der Waals surface area contributed by atoms with Gasteiger partial charge in [0.25, 0.3) is 5.91 Å². The van der Waals surface area contributed by atoms with E-state index in [9.17, 15) is 14.0 Å². The zero-order valence-corrected chi connectivity index (χ0v) is 15.8. The van der Waals surface area contributed by atoms with E-state index in [2.05, 4.69) is 10.2 Å². The van der Waals surface area contributed by atoms with Crippen molar-refractivity contribution in [2.45, 2.75) is 82.3 Å². The van der Waals surface area contributed by atoms with Gasteiger partial charge in [-0.25, -0.2) is 4.39 Å². The lowest BCUT2D eigenvalue weighted by Crippen LogP contribution is -2.53. The molecule has 1 aliphatic carbocycles. The molecule has 0 aromatic heterocycles. The maximum absolute atomic E-state index is 13.2. The number of fused-ring (bicyclic) bond motifs is 2. The van der Waals surface area contributed by atoms with E-state index < -0.39 is 0 Å². The van der Waals surface area contributed by atoms with E-state index in [0.717, 1.165) is 38.5 Å². The molecule has 2 unspecified atom stereocenters. The minimum atomic E-state index is -0.338. The van der Waals surface area contributed by atoms with Gasteiger partial charge in [0.1, 0.15) is 5.82 Å². The maximum Gasteiger partial charge on any atom is 0.251 e. The third-order valence-corrected chi connectivity index (χ3v) is 6.63.